The number of rotatable bonds is 9. The molecule has 0 unspecified atom stereocenters. The summed E-state index contributed by atoms with van der Waals surface area (Å²) in [6, 6.07) is 18.6. The van der Waals surface area contributed by atoms with Crippen molar-refractivity contribution in [1.29, 1.82) is 0 Å². The van der Waals surface area contributed by atoms with Gasteiger partial charge in [-0.3, -0.25) is 14.4 Å². The third-order valence-electron chi connectivity index (χ3n) is 7.52. The van der Waals surface area contributed by atoms with Gasteiger partial charge in [-0.1, -0.05) is 47.5 Å². The highest BCUT2D eigenvalue weighted by atomic mass is 35.5. The largest absolute Gasteiger partial charge is 0.487 e. The lowest BCUT2D eigenvalue weighted by Gasteiger charge is -2.21. The van der Waals surface area contributed by atoms with Crippen molar-refractivity contribution in [3.05, 3.63) is 99.2 Å². The topological polar surface area (TPSA) is 91.8 Å². The minimum absolute atomic E-state index is 0.0681. The Hall–Kier alpha value is -4.40. The molecule has 3 aromatic carbocycles. The minimum atomic E-state index is -0.418. The quantitative estimate of drug-likeness (QED) is 0.209. The number of aryl methyl sites for hydroxylation is 2. The molecule has 0 spiro atoms. The molecule has 226 valence electrons. The first-order chi connectivity index (χ1) is 21.1. The second-order valence-electron chi connectivity index (χ2n) is 10.6. The molecule has 0 aliphatic carbocycles. The molecule has 1 aliphatic heterocycles. The van der Waals surface area contributed by atoms with Gasteiger partial charge in [0, 0.05) is 53.4 Å². The predicted octanol–water partition coefficient (Wildman–Crippen LogP) is 6.66. The van der Waals surface area contributed by atoms with Crippen LogP contribution in [0.25, 0.3) is 17.0 Å². The zero-order valence-corrected chi connectivity index (χ0v) is 26.2. The number of aromatic nitrogens is 1. The van der Waals surface area contributed by atoms with E-state index >= 15 is 0 Å². The molecule has 0 bridgehead atoms. The monoisotopic (exact) mass is 630 g/mol. The third kappa shape index (κ3) is 6.87. The summed E-state index contributed by atoms with van der Waals surface area (Å²) in [6.45, 7) is 4.41. The zero-order chi connectivity index (χ0) is 31.4. The van der Waals surface area contributed by atoms with E-state index in [1.807, 2.05) is 62.4 Å². The van der Waals surface area contributed by atoms with E-state index in [2.05, 4.69) is 10.3 Å². The van der Waals surface area contributed by atoms with Gasteiger partial charge in [-0.2, -0.15) is 0 Å². The van der Waals surface area contributed by atoms with Crippen LogP contribution in [0.2, 0.25) is 10.0 Å². The van der Waals surface area contributed by atoms with E-state index in [1.54, 1.807) is 30.2 Å². The van der Waals surface area contributed by atoms with Gasteiger partial charge in [-0.15, -0.1) is 0 Å². The molecule has 5 rings (SSSR count). The van der Waals surface area contributed by atoms with Crippen LogP contribution in [-0.2, 0) is 21.0 Å². The molecule has 0 saturated carbocycles. The number of nitrogens with one attached hydrogen (secondary N) is 1. The minimum Gasteiger partial charge on any atom is -0.487 e. The Balaban J connectivity index is 1.20. The molecule has 0 atom stereocenters. The molecule has 1 aromatic heterocycles. The molecule has 4 aromatic rings. The second kappa shape index (κ2) is 13.5. The number of para-hydroxylation sites is 1. The van der Waals surface area contributed by atoms with Crippen LogP contribution in [0, 0.1) is 13.8 Å². The number of anilines is 2. The Labute approximate surface area is 266 Å². The number of hydrogen-bond acceptors (Lipinski definition) is 5. The Kier molecular flexibility index (Phi) is 9.52. The number of nitrogens with zero attached hydrogens (tertiary/aromatic N) is 3. The van der Waals surface area contributed by atoms with E-state index in [9.17, 15) is 14.4 Å². The average Bonchev–Trinajstić information content (AvgIpc) is 3.43. The van der Waals surface area contributed by atoms with Crippen LogP contribution in [0.5, 0.6) is 5.75 Å². The Bertz CT molecular complexity index is 1790. The Morgan fingerprint density at radius 3 is 2.66 bits per heavy atom. The lowest BCUT2D eigenvalue weighted by Crippen LogP contribution is -2.37. The van der Waals surface area contributed by atoms with Crippen LogP contribution in [0.4, 0.5) is 11.4 Å². The summed E-state index contributed by atoms with van der Waals surface area (Å²) in [5.74, 6) is -0.0643. The van der Waals surface area contributed by atoms with Crippen LogP contribution >= 0.6 is 23.2 Å². The van der Waals surface area contributed by atoms with Crippen LogP contribution < -0.4 is 19.9 Å². The summed E-state index contributed by atoms with van der Waals surface area (Å²) in [6.07, 6.45) is 4.47. The molecule has 1 N–H and O–H groups in total. The summed E-state index contributed by atoms with van der Waals surface area (Å²) in [7, 11) is 1.58. The molecular formula is C34H32Cl2N4O4. The van der Waals surface area contributed by atoms with E-state index < -0.39 is 5.91 Å². The highest BCUT2D eigenvalue weighted by Gasteiger charge is 2.23. The fraction of sp³-hybridized carbons (Fsp3) is 0.235. The van der Waals surface area contributed by atoms with Crippen LogP contribution in [0.3, 0.4) is 0 Å². The number of fused-ring (bicyclic) bond motifs is 1. The second-order valence-corrected chi connectivity index (χ2v) is 11.4. The van der Waals surface area contributed by atoms with Crippen molar-refractivity contribution in [1.82, 2.24) is 10.3 Å². The van der Waals surface area contributed by atoms with Crippen LogP contribution in [0.1, 0.15) is 35.2 Å². The number of pyridine rings is 1. The lowest BCUT2D eigenvalue weighted by molar-refractivity contribution is -0.122. The number of ether oxygens (including phenoxy) is 1. The molecule has 0 radical (unpaired) electrons. The maximum atomic E-state index is 13.0. The van der Waals surface area contributed by atoms with Crippen molar-refractivity contribution in [3.63, 3.8) is 0 Å². The predicted molar refractivity (Wildman–Crippen MR) is 175 cm³/mol. The van der Waals surface area contributed by atoms with Crippen molar-refractivity contribution >= 4 is 69.3 Å². The smallest absolute Gasteiger partial charge is 0.246 e. The summed E-state index contributed by atoms with van der Waals surface area (Å²) >= 11 is 13.2. The number of carbonyl (C=O) groups is 3. The van der Waals surface area contributed by atoms with E-state index in [4.69, 9.17) is 27.9 Å². The summed E-state index contributed by atoms with van der Waals surface area (Å²) in [4.78, 5) is 45.3. The van der Waals surface area contributed by atoms with Gasteiger partial charge in [0.1, 0.15) is 17.9 Å². The van der Waals surface area contributed by atoms with Crippen molar-refractivity contribution in [3.8, 4) is 5.75 Å². The number of carbonyl (C=O) groups excluding carboxylic acids is 3. The molecule has 10 heteroatoms. The lowest BCUT2D eigenvalue weighted by atomic mass is 10.1. The van der Waals surface area contributed by atoms with Gasteiger partial charge in [0.25, 0.3) is 0 Å². The van der Waals surface area contributed by atoms with Gasteiger partial charge in [0.2, 0.25) is 17.7 Å². The zero-order valence-electron chi connectivity index (χ0n) is 24.7. The Morgan fingerprint density at radius 2 is 1.91 bits per heavy atom. The van der Waals surface area contributed by atoms with Crippen molar-refractivity contribution in [2.75, 3.05) is 29.9 Å². The van der Waals surface area contributed by atoms with Gasteiger partial charge in [0.15, 0.2) is 0 Å². The summed E-state index contributed by atoms with van der Waals surface area (Å²) < 4.78 is 6.09. The highest BCUT2D eigenvalue weighted by molar-refractivity contribution is 6.38. The van der Waals surface area contributed by atoms with Crippen molar-refractivity contribution in [2.24, 2.45) is 0 Å². The number of halogens is 2. The number of hydrogen-bond donors (Lipinski definition) is 1. The fourth-order valence-corrected chi connectivity index (χ4v) is 5.70. The molecule has 1 fully saturated rings. The number of benzene rings is 3. The van der Waals surface area contributed by atoms with Gasteiger partial charge in [-0.05, 0) is 73.9 Å². The van der Waals surface area contributed by atoms with Crippen molar-refractivity contribution in [2.45, 2.75) is 33.3 Å². The molecule has 8 nitrogen and oxygen atoms in total. The van der Waals surface area contributed by atoms with Gasteiger partial charge >= 0.3 is 0 Å². The Morgan fingerprint density at radius 1 is 1.09 bits per heavy atom. The van der Waals surface area contributed by atoms with Gasteiger partial charge < -0.3 is 19.9 Å². The molecule has 2 heterocycles. The van der Waals surface area contributed by atoms with E-state index in [1.165, 1.54) is 11.0 Å². The summed E-state index contributed by atoms with van der Waals surface area (Å²) in [5, 5.41) is 4.25. The molecule has 44 heavy (non-hydrogen) atoms. The fourth-order valence-electron chi connectivity index (χ4n) is 5.10. The molecule has 3 amide bonds. The van der Waals surface area contributed by atoms with Crippen LogP contribution in [0.15, 0.2) is 66.7 Å². The normalized spacial score (nSPS) is 13.1. The van der Waals surface area contributed by atoms with Gasteiger partial charge in [0.05, 0.1) is 17.3 Å². The van der Waals surface area contributed by atoms with Crippen LogP contribution in [-0.4, -0.2) is 42.8 Å². The standard InChI is InChI=1S/C34H32Cl2N4O4/c1-21-18-23(10-14-27(21)40-17-5-8-31(40)42)11-16-30(41)37-19-32(43)39(3)28-15-13-26(35)25(33(28)36)20-44-29-7-4-6-24-12-9-22(2)38-34(24)29/h4,6-7,9-16,18H,5,8,17,19-20H2,1-3H3,(H,37,41)/b16-11+. The number of amides is 3. The number of likely N-dealkylation sites (N-methyl/N-ethyl adjacent to an activating group) is 1. The first kappa shape index (κ1) is 31.0. The van der Waals surface area contributed by atoms with E-state index in [0.717, 1.165) is 46.4 Å². The third-order valence-corrected chi connectivity index (χ3v) is 8.30. The molecule has 1 saturated heterocycles. The maximum Gasteiger partial charge on any atom is 0.246 e. The van der Waals surface area contributed by atoms with E-state index in [-0.39, 0.29) is 30.0 Å². The molecular weight excluding hydrogens is 599 g/mol. The van der Waals surface area contributed by atoms with Crippen molar-refractivity contribution < 1.29 is 19.1 Å². The van der Waals surface area contributed by atoms with Gasteiger partial charge in [-0.25, -0.2) is 4.98 Å². The highest BCUT2D eigenvalue weighted by Crippen LogP contribution is 2.35. The first-order valence-corrected chi connectivity index (χ1v) is 15.0. The summed E-state index contributed by atoms with van der Waals surface area (Å²) in [5.41, 5.74) is 5.22. The maximum absolute atomic E-state index is 13.0. The average molecular weight is 632 g/mol. The molecule has 1 aliphatic rings. The SMILES string of the molecule is Cc1ccc2cccc(OCc3c(Cl)ccc(N(C)C(=O)CNC(=O)/C=C/c4ccc(N5CCCC5=O)c(C)c4)c3Cl)c2n1. The van der Waals surface area contributed by atoms with E-state index in [0.29, 0.717) is 28.4 Å². The first-order valence-electron chi connectivity index (χ1n) is 14.2.